The molecule has 3 aromatic carbocycles. The molecule has 1 saturated heterocycles. The fourth-order valence-electron chi connectivity index (χ4n) is 3.62. The second-order valence-electron chi connectivity index (χ2n) is 8.86. The van der Waals surface area contributed by atoms with E-state index in [-0.39, 0.29) is 21.9 Å². The summed E-state index contributed by atoms with van der Waals surface area (Å²) in [6, 6.07) is 21.4. The smallest absolute Gasteiger partial charge is 0.270 e. The van der Waals surface area contributed by atoms with Gasteiger partial charge in [0.05, 0.1) is 5.69 Å². The van der Waals surface area contributed by atoms with Gasteiger partial charge in [-0.15, -0.1) is 0 Å². The minimum Gasteiger partial charge on any atom is -0.507 e. The van der Waals surface area contributed by atoms with E-state index < -0.39 is 11.8 Å². The third-order valence-corrected chi connectivity index (χ3v) is 5.64. The molecule has 172 valence electrons. The summed E-state index contributed by atoms with van der Waals surface area (Å²) in [5, 5.41) is 13.3. The number of phenols is 1. The van der Waals surface area contributed by atoms with Crippen molar-refractivity contribution in [3.8, 4) is 17.2 Å². The highest BCUT2D eigenvalue weighted by molar-refractivity contribution is 7.80. The van der Waals surface area contributed by atoms with E-state index in [1.165, 1.54) is 11.0 Å². The Morgan fingerprint density at radius 1 is 0.912 bits per heavy atom. The number of para-hydroxylation sites is 2. The summed E-state index contributed by atoms with van der Waals surface area (Å²) in [5.41, 5.74) is 1.14. The Balaban J connectivity index is 1.64. The van der Waals surface area contributed by atoms with Gasteiger partial charge in [0.1, 0.15) is 22.8 Å². The van der Waals surface area contributed by atoms with Gasteiger partial charge in [0.25, 0.3) is 11.8 Å². The van der Waals surface area contributed by atoms with Crippen LogP contribution < -0.4 is 15.0 Å². The summed E-state index contributed by atoms with van der Waals surface area (Å²) < 4.78 is 5.80. The summed E-state index contributed by atoms with van der Waals surface area (Å²) >= 11 is 5.28. The van der Waals surface area contributed by atoms with Crippen molar-refractivity contribution in [1.82, 2.24) is 5.32 Å². The van der Waals surface area contributed by atoms with Crippen LogP contribution in [0.3, 0.4) is 0 Å². The normalized spacial score (nSPS) is 15.4. The van der Waals surface area contributed by atoms with Crippen LogP contribution in [0.5, 0.6) is 17.2 Å². The fourth-order valence-corrected chi connectivity index (χ4v) is 3.90. The quantitative estimate of drug-likeness (QED) is 0.306. The van der Waals surface area contributed by atoms with Crippen LogP contribution in [0.15, 0.2) is 78.4 Å². The minimum atomic E-state index is -0.615. The first-order chi connectivity index (χ1) is 16.1. The Morgan fingerprint density at radius 3 is 2.21 bits per heavy atom. The van der Waals surface area contributed by atoms with Gasteiger partial charge in [-0.2, -0.15) is 0 Å². The summed E-state index contributed by atoms with van der Waals surface area (Å²) in [6.45, 7) is 5.92. The van der Waals surface area contributed by atoms with Crippen molar-refractivity contribution < 1.29 is 19.4 Å². The van der Waals surface area contributed by atoms with Crippen LogP contribution in [0.4, 0.5) is 5.69 Å². The highest BCUT2D eigenvalue weighted by Crippen LogP contribution is 2.35. The Morgan fingerprint density at radius 2 is 1.56 bits per heavy atom. The number of aromatic hydroxyl groups is 1. The molecule has 34 heavy (non-hydrogen) atoms. The molecule has 0 radical (unpaired) electrons. The molecule has 0 bridgehead atoms. The van der Waals surface area contributed by atoms with Gasteiger partial charge >= 0.3 is 0 Å². The molecule has 7 heteroatoms. The number of carbonyl (C=O) groups is 2. The van der Waals surface area contributed by atoms with E-state index in [9.17, 15) is 14.7 Å². The molecule has 3 aromatic rings. The molecule has 0 unspecified atom stereocenters. The maximum atomic E-state index is 13.3. The fraction of sp³-hybridized carbons (Fsp3) is 0.148. The number of hydrogen-bond donors (Lipinski definition) is 2. The van der Waals surface area contributed by atoms with Gasteiger partial charge in [-0.1, -0.05) is 57.2 Å². The van der Waals surface area contributed by atoms with E-state index in [4.69, 9.17) is 17.0 Å². The molecule has 0 aromatic heterocycles. The minimum absolute atomic E-state index is 0.0171. The molecular formula is C27H24N2O4S. The molecule has 0 spiro atoms. The number of nitrogens with one attached hydrogen (secondary N) is 1. The lowest BCUT2D eigenvalue weighted by Crippen LogP contribution is -2.54. The van der Waals surface area contributed by atoms with Crippen molar-refractivity contribution in [2.45, 2.75) is 26.2 Å². The van der Waals surface area contributed by atoms with Crippen LogP contribution >= 0.6 is 12.2 Å². The SMILES string of the molecule is CC(C)(C)c1cccc(C=C2C(=O)NC(=S)N(c3ccc(Oc4ccccc4)cc3)C2=O)c1O. The highest BCUT2D eigenvalue weighted by atomic mass is 32.1. The number of phenolic OH excluding ortho intramolecular Hbond substituents is 1. The van der Waals surface area contributed by atoms with Crippen LogP contribution in [0.1, 0.15) is 31.9 Å². The van der Waals surface area contributed by atoms with Crippen LogP contribution in [0, 0.1) is 0 Å². The van der Waals surface area contributed by atoms with Crippen LogP contribution in [0.2, 0.25) is 0 Å². The molecule has 1 fully saturated rings. The molecule has 6 nitrogen and oxygen atoms in total. The average molecular weight is 473 g/mol. The van der Waals surface area contributed by atoms with Crippen molar-refractivity contribution in [3.05, 3.63) is 89.5 Å². The monoisotopic (exact) mass is 472 g/mol. The van der Waals surface area contributed by atoms with Crippen molar-refractivity contribution in [2.24, 2.45) is 0 Å². The largest absolute Gasteiger partial charge is 0.507 e. The molecular weight excluding hydrogens is 448 g/mol. The highest BCUT2D eigenvalue weighted by Gasteiger charge is 2.35. The summed E-state index contributed by atoms with van der Waals surface area (Å²) in [4.78, 5) is 27.2. The Bertz CT molecular complexity index is 1290. The molecule has 0 atom stereocenters. The van der Waals surface area contributed by atoms with Gasteiger partial charge in [0.15, 0.2) is 5.11 Å². The predicted molar refractivity (Wildman–Crippen MR) is 136 cm³/mol. The van der Waals surface area contributed by atoms with Gasteiger partial charge in [-0.25, -0.2) is 0 Å². The van der Waals surface area contributed by atoms with E-state index in [1.54, 1.807) is 36.4 Å². The second-order valence-corrected chi connectivity index (χ2v) is 9.25. The molecule has 0 saturated carbocycles. The van der Waals surface area contributed by atoms with E-state index in [0.29, 0.717) is 28.3 Å². The summed E-state index contributed by atoms with van der Waals surface area (Å²) in [5.74, 6) is 0.121. The number of anilines is 1. The van der Waals surface area contributed by atoms with Gasteiger partial charge < -0.3 is 9.84 Å². The summed E-state index contributed by atoms with van der Waals surface area (Å²) in [7, 11) is 0. The Labute approximate surface area is 203 Å². The molecule has 1 aliphatic rings. The van der Waals surface area contributed by atoms with Gasteiger partial charge in [-0.3, -0.25) is 19.8 Å². The maximum Gasteiger partial charge on any atom is 0.270 e. The van der Waals surface area contributed by atoms with Crippen molar-refractivity contribution >= 4 is 40.9 Å². The maximum absolute atomic E-state index is 13.3. The lowest BCUT2D eigenvalue weighted by atomic mass is 9.85. The topological polar surface area (TPSA) is 78.9 Å². The first-order valence-electron chi connectivity index (χ1n) is 10.7. The molecule has 2 N–H and O–H groups in total. The van der Waals surface area contributed by atoms with Gasteiger partial charge in [-0.05, 0) is 65.7 Å². The zero-order valence-corrected chi connectivity index (χ0v) is 19.8. The average Bonchev–Trinajstić information content (AvgIpc) is 2.78. The number of nitrogens with zero attached hydrogens (tertiary/aromatic N) is 1. The van der Waals surface area contributed by atoms with Crippen molar-refractivity contribution in [2.75, 3.05) is 4.90 Å². The second kappa shape index (κ2) is 9.11. The molecule has 0 aliphatic carbocycles. The van der Waals surface area contributed by atoms with Crippen LogP contribution in [-0.2, 0) is 15.0 Å². The Kier molecular flexibility index (Phi) is 6.22. The number of hydrogen-bond acceptors (Lipinski definition) is 5. The molecule has 1 heterocycles. The van der Waals surface area contributed by atoms with Gasteiger partial charge in [0, 0.05) is 5.56 Å². The van der Waals surface area contributed by atoms with Crippen LogP contribution in [-0.4, -0.2) is 22.0 Å². The van der Waals surface area contributed by atoms with Crippen LogP contribution in [0.25, 0.3) is 6.08 Å². The zero-order chi connectivity index (χ0) is 24.5. The predicted octanol–water partition coefficient (Wildman–Crippen LogP) is 5.31. The first kappa shape index (κ1) is 23.2. The third kappa shape index (κ3) is 4.70. The standard InChI is InChI=1S/C27H24N2O4S/c1-27(2,3)22-11-7-8-17(23(22)30)16-21-24(31)28-26(34)29(25(21)32)18-12-14-20(15-13-18)33-19-9-5-4-6-10-19/h4-16,30H,1-3H3,(H,28,31,34). The lowest BCUT2D eigenvalue weighted by Gasteiger charge is -2.29. The van der Waals surface area contributed by atoms with Crippen molar-refractivity contribution in [1.29, 1.82) is 0 Å². The summed E-state index contributed by atoms with van der Waals surface area (Å²) in [6.07, 6.45) is 1.39. The first-order valence-corrected chi connectivity index (χ1v) is 11.1. The lowest BCUT2D eigenvalue weighted by molar-refractivity contribution is -0.122. The number of amides is 2. The van der Waals surface area contributed by atoms with Crippen molar-refractivity contribution in [3.63, 3.8) is 0 Å². The molecule has 4 rings (SSSR count). The number of ether oxygens (including phenoxy) is 1. The van der Waals surface area contributed by atoms with E-state index in [0.717, 1.165) is 0 Å². The van der Waals surface area contributed by atoms with Gasteiger partial charge in [0.2, 0.25) is 0 Å². The molecule has 1 aliphatic heterocycles. The Hall–Kier alpha value is -3.97. The number of carbonyl (C=O) groups excluding carboxylic acids is 2. The molecule has 2 amide bonds. The number of rotatable bonds is 4. The zero-order valence-electron chi connectivity index (χ0n) is 19.0. The van der Waals surface area contributed by atoms with E-state index in [1.807, 2.05) is 57.2 Å². The number of thiocarbonyl (C=S) groups is 1. The van der Waals surface area contributed by atoms with E-state index >= 15 is 0 Å². The third-order valence-electron chi connectivity index (χ3n) is 5.35. The van der Waals surface area contributed by atoms with E-state index in [2.05, 4.69) is 5.32 Å². The number of benzene rings is 3.